The highest BCUT2D eigenvalue weighted by atomic mass is 16.5. The molecule has 0 aliphatic heterocycles. The van der Waals surface area contributed by atoms with Gasteiger partial charge in [-0.05, 0) is 24.3 Å². The Bertz CT molecular complexity index is 523. The fourth-order valence-electron chi connectivity index (χ4n) is 1.85. The minimum absolute atomic E-state index is 0.0190. The number of aliphatic hydroxyl groups excluding tert-OH is 1. The Morgan fingerprint density at radius 2 is 2.10 bits per heavy atom. The van der Waals surface area contributed by atoms with Crippen LogP contribution in [0.25, 0.3) is 0 Å². The number of carbonyl (C=O) groups is 1. The van der Waals surface area contributed by atoms with E-state index in [0.29, 0.717) is 12.8 Å². The lowest BCUT2D eigenvalue weighted by atomic mass is 9.92. The molecule has 5 heteroatoms. The fourth-order valence-corrected chi connectivity index (χ4v) is 1.85. The first-order chi connectivity index (χ1) is 10.2. The molecule has 1 aliphatic rings. The summed E-state index contributed by atoms with van der Waals surface area (Å²) in [6, 6.07) is 7.46. The quantitative estimate of drug-likeness (QED) is 0.618. The molecule has 2 rings (SSSR count). The number of amides is 1. The van der Waals surface area contributed by atoms with Gasteiger partial charge in [-0.3, -0.25) is 4.79 Å². The van der Waals surface area contributed by atoms with Crippen LogP contribution in [-0.4, -0.2) is 43.5 Å². The van der Waals surface area contributed by atoms with E-state index in [1.165, 1.54) is 0 Å². The molecule has 1 aliphatic carbocycles. The molecule has 0 unspecified atom stereocenters. The standard InChI is InChI=1S/C16H19NO4/c1-17-16(19)11-20-8-2-3-12-4-6-14(7-5-12)21-15-9-13(18)10-15/h4-7,13,15,18H,8-11H2,1H3,(H,17,19). The first-order valence-electron chi connectivity index (χ1n) is 6.89. The second-order valence-corrected chi connectivity index (χ2v) is 4.86. The van der Waals surface area contributed by atoms with Crippen LogP contribution in [-0.2, 0) is 9.53 Å². The van der Waals surface area contributed by atoms with Gasteiger partial charge in [0.05, 0.1) is 6.10 Å². The third-order valence-corrected chi connectivity index (χ3v) is 3.15. The molecule has 0 spiro atoms. The van der Waals surface area contributed by atoms with Crippen molar-refractivity contribution >= 4 is 5.91 Å². The van der Waals surface area contributed by atoms with Crippen LogP contribution in [0.5, 0.6) is 5.75 Å². The molecule has 1 aromatic rings. The van der Waals surface area contributed by atoms with Gasteiger partial charge in [-0.25, -0.2) is 0 Å². The van der Waals surface area contributed by atoms with Gasteiger partial charge in [-0.2, -0.15) is 0 Å². The van der Waals surface area contributed by atoms with Crippen LogP contribution in [0.4, 0.5) is 0 Å². The van der Waals surface area contributed by atoms with Crippen molar-refractivity contribution in [2.45, 2.75) is 25.0 Å². The summed E-state index contributed by atoms with van der Waals surface area (Å²) in [4.78, 5) is 10.9. The summed E-state index contributed by atoms with van der Waals surface area (Å²) in [7, 11) is 1.56. The Morgan fingerprint density at radius 1 is 1.38 bits per heavy atom. The number of ether oxygens (including phenoxy) is 2. The number of hydrogen-bond donors (Lipinski definition) is 2. The molecule has 1 amide bonds. The number of likely N-dealkylation sites (N-methyl/N-ethyl adjacent to an activating group) is 1. The number of aliphatic hydroxyl groups is 1. The van der Waals surface area contributed by atoms with E-state index >= 15 is 0 Å². The third kappa shape index (κ3) is 5.10. The Balaban J connectivity index is 1.73. The molecular weight excluding hydrogens is 270 g/mol. The summed E-state index contributed by atoms with van der Waals surface area (Å²) in [5.41, 5.74) is 0.861. The van der Waals surface area contributed by atoms with Crippen LogP contribution in [0.2, 0.25) is 0 Å². The molecule has 21 heavy (non-hydrogen) atoms. The molecule has 0 aromatic heterocycles. The predicted octanol–water partition coefficient (Wildman–Crippen LogP) is 0.703. The van der Waals surface area contributed by atoms with Crippen molar-refractivity contribution in [2.75, 3.05) is 20.3 Å². The Morgan fingerprint density at radius 3 is 2.71 bits per heavy atom. The monoisotopic (exact) mass is 289 g/mol. The van der Waals surface area contributed by atoms with Crippen LogP contribution in [0.3, 0.4) is 0 Å². The average molecular weight is 289 g/mol. The van der Waals surface area contributed by atoms with Gasteiger partial charge >= 0.3 is 0 Å². The van der Waals surface area contributed by atoms with E-state index in [1.807, 2.05) is 24.3 Å². The maximum Gasteiger partial charge on any atom is 0.245 e. The van der Waals surface area contributed by atoms with Gasteiger partial charge < -0.3 is 19.9 Å². The van der Waals surface area contributed by atoms with Crippen LogP contribution in [0.15, 0.2) is 24.3 Å². The highest BCUT2D eigenvalue weighted by Gasteiger charge is 2.28. The number of rotatable bonds is 5. The average Bonchev–Trinajstić information content (AvgIpc) is 2.46. The van der Waals surface area contributed by atoms with Crippen molar-refractivity contribution in [1.82, 2.24) is 5.32 Å². The van der Waals surface area contributed by atoms with E-state index in [2.05, 4.69) is 17.2 Å². The molecular formula is C16H19NO4. The molecule has 0 saturated heterocycles. The van der Waals surface area contributed by atoms with Crippen molar-refractivity contribution in [3.63, 3.8) is 0 Å². The molecule has 1 saturated carbocycles. The Hall–Kier alpha value is -2.03. The highest BCUT2D eigenvalue weighted by Crippen LogP contribution is 2.25. The van der Waals surface area contributed by atoms with E-state index in [1.54, 1.807) is 7.05 Å². The summed E-state index contributed by atoms with van der Waals surface area (Å²) in [5, 5.41) is 11.7. The SMILES string of the molecule is CNC(=O)COCC#Cc1ccc(OC2CC(O)C2)cc1. The first kappa shape index (κ1) is 15.4. The van der Waals surface area contributed by atoms with Crippen LogP contribution in [0.1, 0.15) is 18.4 Å². The van der Waals surface area contributed by atoms with E-state index in [9.17, 15) is 9.90 Å². The topological polar surface area (TPSA) is 67.8 Å². The van der Waals surface area contributed by atoms with Gasteiger partial charge in [0, 0.05) is 25.5 Å². The minimum atomic E-state index is -0.213. The first-order valence-corrected chi connectivity index (χ1v) is 6.89. The molecule has 5 nitrogen and oxygen atoms in total. The van der Waals surface area contributed by atoms with Crippen LogP contribution >= 0.6 is 0 Å². The summed E-state index contributed by atoms with van der Waals surface area (Å²) in [5.74, 6) is 6.41. The van der Waals surface area contributed by atoms with Gasteiger partial charge in [0.15, 0.2) is 0 Å². The number of hydrogen-bond acceptors (Lipinski definition) is 4. The summed E-state index contributed by atoms with van der Waals surface area (Å²) < 4.78 is 10.8. The van der Waals surface area contributed by atoms with Gasteiger partial charge in [0.1, 0.15) is 25.1 Å². The minimum Gasteiger partial charge on any atom is -0.490 e. The molecule has 1 aromatic carbocycles. The van der Waals surface area contributed by atoms with Crippen LogP contribution < -0.4 is 10.1 Å². The van der Waals surface area contributed by atoms with E-state index in [-0.39, 0.29) is 31.3 Å². The maximum absolute atomic E-state index is 10.9. The Kier molecular flexibility index (Phi) is 5.61. The second-order valence-electron chi connectivity index (χ2n) is 4.86. The lowest BCUT2D eigenvalue weighted by molar-refractivity contribution is -0.124. The van der Waals surface area contributed by atoms with Crippen LogP contribution in [0, 0.1) is 11.8 Å². The number of benzene rings is 1. The van der Waals surface area contributed by atoms with Crippen molar-refractivity contribution in [1.29, 1.82) is 0 Å². The molecule has 1 fully saturated rings. The third-order valence-electron chi connectivity index (χ3n) is 3.15. The largest absolute Gasteiger partial charge is 0.490 e. The van der Waals surface area contributed by atoms with E-state index in [4.69, 9.17) is 9.47 Å². The Labute approximate surface area is 124 Å². The van der Waals surface area contributed by atoms with E-state index < -0.39 is 0 Å². The molecule has 2 N–H and O–H groups in total. The molecule has 0 heterocycles. The van der Waals surface area contributed by atoms with Gasteiger partial charge in [-0.15, -0.1) is 0 Å². The van der Waals surface area contributed by atoms with Gasteiger partial charge in [-0.1, -0.05) is 11.8 Å². The zero-order valence-corrected chi connectivity index (χ0v) is 12.0. The lowest BCUT2D eigenvalue weighted by Crippen LogP contribution is -2.37. The van der Waals surface area contributed by atoms with Crippen molar-refractivity contribution < 1.29 is 19.4 Å². The smallest absolute Gasteiger partial charge is 0.245 e. The number of nitrogens with one attached hydrogen (secondary N) is 1. The summed E-state index contributed by atoms with van der Waals surface area (Å²) in [6.45, 7) is 0.233. The van der Waals surface area contributed by atoms with Crippen molar-refractivity contribution in [3.8, 4) is 17.6 Å². The molecule has 0 atom stereocenters. The summed E-state index contributed by atoms with van der Waals surface area (Å²) in [6.07, 6.45) is 1.30. The number of carbonyl (C=O) groups excluding carboxylic acids is 1. The molecule has 0 bridgehead atoms. The normalized spacial score (nSPS) is 19.9. The second kappa shape index (κ2) is 7.67. The van der Waals surface area contributed by atoms with E-state index in [0.717, 1.165) is 11.3 Å². The maximum atomic E-state index is 10.9. The predicted molar refractivity (Wildman–Crippen MR) is 77.9 cm³/mol. The molecule has 0 radical (unpaired) electrons. The molecule has 112 valence electrons. The zero-order valence-electron chi connectivity index (χ0n) is 12.0. The fraction of sp³-hybridized carbons (Fsp3) is 0.438. The van der Waals surface area contributed by atoms with Crippen molar-refractivity contribution in [3.05, 3.63) is 29.8 Å². The van der Waals surface area contributed by atoms with Crippen molar-refractivity contribution in [2.24, 2.45) is 0 Å². The summed E-state index contributed by atoms with van der Waals surface area (Å²) >= 11 is 0. The highest BCUT2D eigenvalue weighted by molar-refractivity contribution is 5.76. The van der Waals surface area contributed by atoms with Gasteiger partial charge in [0.25, 0.3) is 0 Å². The zero-order chi connectivity index (χ0) is 15.1. The lowest BCUT2D eigenvalue weighted by Gasteiger charge is -2.31. The van der Waals surface area contributed by atoms with Gasteiger partial charge in [0.2, 0.25) is 5.91 Å².